The van der Waals surface area contributed by atoms with Crippen LogP contribution in [0.1, 0.15) is 23.6 Å². The number of hydrogen-bond donors (Lipinski definition) is 2. The van der Waals surface area contributed by atoms with Crippen molar-refractivity contribution < 1.29 is 13.2 Å². The van der Waals surface area contributed by atoms with Crippen LogP contribution >= 0.6 is 35.6 Å². The lowest BCUT2D eigenvalue weighted by Gasteiger charge is -2.26. The molecule has 1 aliphatic rings. The molecule has 0 aromatic heterocycles. The normalized spacial score (nSPS) is 16.7. The van der Waals surface area contributed by atoms with Crippen molar-refractivity contribution in [1.82, 2.24) is 5.32 Å². The second kappa shape index (κ2) is 9.11. The van der Waals surface area contributed by atoms with Gasteiger partial charge in [-0.15, -0.1) is 24.0 Å². The Morgan fingerprint density at radius 2 is 2.07 bits per heavy atom. The molecule has 0 amide bonds. The average Bonchev–Trinajstić information content (AvgIpc) is 2.59. The Bertz CT molecular complexity index is 951. The van der Waals surface area contributed by atoms with Crippen LogP contribution in [0.25, 0.3) is 0 Å². The van der Waals surface area contributed by atoms with Crippen LogP contribution in [0.15, 0.2) is 52.4 Å². The number of para-hydroxylation sites is 1. The Labute approximate surface area is 181 Å². The van der Waals surface area contributed by atoms with E-state index < -0.39 is 9.84 Å². The van der Waals surface area contributed by atoms with Crippen LogP contribution in [0.2, 0.25) is 5.02 Å². The van der Waals surface area contributed by atoms with Crippen LogP contribution in [0, 0.1) is 0 Å². The fourth-order valence-corrected chi connectivity index (χ4v) is 4.19. The molecule has 0 saturated heterocycles. The molecule has 1 atom stereocenters. The van der Waals surface area contributed by atoms with Gasteiger partial charge in [-0.25, -0.2) is 13.4 Å². The minimum absolute atomic E-state index is 0. The van der Waals surface area contributed by atoms with Crippen molar-refractivity contribution in [2.75, 3.05) is 12.9 Å². The molecule has 1 aliphatic heterocycles. The van der Waals surface area contributed by atoms with Crippen molar-refractivity contribution in [3.05, 3.63) is 58.6 Å². The van der Waals surface area contributed by atoms with E-state index in [1.54, 1.807) is 12.1 Å². The number of nitrogens with zero attached hydrogens (tertiary/aromatic N) is 1. The monoisotopic (exact) mass is 521 g/mol. The molecule has 146 valence electrons. The third-order valence-corrected chi connectivity index (χ3v) is 5.69. The summed E-state index contributed by atoms with van der Waals surface area (Å²) in [5, 5.41) is 3.40. The van der Waals surface area contributed by atoms with Gasteiger partial charge in [-0.2, -0.15) is 0 Å². The summed E-state index contributed by atoms with van der Waals surface area (Å²) in [6.45, 7) is 0.915. The van der Waals surface area contributed by atoms with Crippen LogP contribution in [0.3, 0.4) is 0 Å². The van der Waals surface area contributed by atoms with Crippen LogP contribution in [-0.2, 0) is 16.4 Å². The Morgan fingerprint density at radius 3 is 2.78 bits per heavy atom. The van der Waals surface area contributed by atoms with Crippen LogP contribution in [-0.4, -0.2) is 27.2 Å². The van der Waals surface area contributed by atoms with E-state index in [1.807, 2.05) is 24.3 Å². The number of aliphatic imine (C=N–C) groups is 1. The van der Waals surface area contributed by atoms with E-state index in [9.17, 15) is 8.42 Å². The number of benzene rings is 2. The predicted molar refractivity (Wildman–Crippen MR) is 118 cm³/mol. The van der Waals surface area contributed by atoms with Gasteiger partial charge in [0.25, 0.3) is 0 Å². The molecule has 0 radical (unpaired) electrons. The van der Waals surface area contributed by atoms with Crippen molar-refractivity contribution >= 4 is 51.4 Å². The van der Waals surface area contributed by atoms with Gasteiger partial charge in [0, 0.05) is 18.2 Å². The molecule has 2 aromatic rings. The van der Waals surface area contributed by atoms with Crippen molar-refractivity contribution in [2.45, 2.75) is 23.9 Å². The third kappa shape index (κ3) is 5.49. The highest BCUT2D eigenvalue weighted by molar-refractivity contribution is 14.0. The van der Waals surface area contributed by atoms with E-state index in [-0.39, 0.29) is 39.9 Å². The van der Waals surface area contributed by atoms with Gasteiger partial charge in [-0.05, 0) is 23.8 Å². The molecule has 27 heavy (non-hydrogen) atoms. The summed E-state index contributed by atoms with van der Waals surface area (Å²) in [5.74, 6) is 1.17. The summed E-state index contributed by atoms with van der Waals surface area (Å²) in [7, 11) is -3.35. The average molecular weight is 522 g/mol. The molecule has 3 rings (SSSR count). The molecular formula is C18H21ClIN3O3S. The van der Waals surface area contributed by atoms with Gasteiger partial charge in [0.2, 0.25) is 0 Å². The molecule has 0 spiro atoms. The predicted octanol–water partition coefficient (Wildman–Crippen LogP) is 3.29. The number of halogens is 2. The zero-order valence-corrected chi connectivity index (χ0v) is 18.6. The maximum absolute atomic E-state index is 11.6. The number of rotatable bonds is 4. The first-order valence-electron chi connectivity index (χ1n) is 8.11. The second-order valence-corrected chi connectivity index (χ2v) is 8.50. The smallest absolute Gasteiger partial charge is 0.189 e. The highest BCUT2D eigenvalue weighted by Crippen LogP contribution is 2.31. The minimum atomic E-state index is -3.35. The summed E-state index contributed by atoms with van der Waals surface area (Å²) in [6, 6.07) is 12.6. The molecule has 2 aromatic carbocycles. The Balaban J connectivity index is 0.00000261. The highest BCUT2D eigenvalue weighted by atomic mass is 127. The molecule has 0 bridgehead atoms. The molecule has 6 nitrogen and oxygen atoms in total. The van der Waals surface area contributed by atoms with E-state index in [0.29, 0.717) is 19.1 Å². The largest absolute Gasteiger partial charge is 0.493 e. The number of guanidine groups is 1. The van der Waals surface area contributed by atoms with Gasteiger partial charge in [0.05, 0.1) is 29.1 Å². The number of ether oxygens (including phenoxy) is 1. The summed E-state index contributed by atoms with van der Waals surface area (Å²) in [6.07, 6.45) is 1.92. The molecular weight excluding hydrogens is 501 g/mol. The van der Waals surface area contributed by atoms with Gasteiger partial charge < -0.3 is 15.8 Å². The van der Waals surface area contributed by atoms with Gasteiger partial charge in [-0.3, -0.25) is 0 Å². The standard InChI is InChI=1S/C18H20ClN3O3S.HI/c1-26(23,24)17-7-6-12(10-14(17)19)11-21-18(20)22-15-8-9-25-16-5-3-2-4-13(15)16;/h2-7,10,15H,8-9,11H2,1H3,(H3,20,21,22);1H. The second-order valence-electron chi connectivity index (χ2n) is 6.11. The van der Waals surface area contributed by atoms with E-state index in [2.05, 4.69) is 10.3 Å². The molecule has 1 heterocycles. The maximum Gasteiger partial charge on any atom is 0.189 e. The summed E-state index contributed by atoms with van der Waals surface area (Å²) >= 11 is 6.05. The van der Waals surface area contributed by atoms with Crippen LogP contribution in [0.5, 0.6) is 5.75 Å². The lowest BCUT2D eigenvalue weighted by atomic mass is 10.0. The van der Waals surface area contributed by atoms with Gasteiger partial charge in [0.1, 0.15) is 5.75 Å². The third-order valence-electron chi connectivity index (χ3n) is 4.11. The maximum atomic E-state index is 11.6. The molecule has 1 unspecified atom stereocenters. The minimum Gasteiger partial charge on any atom is -0.493 e. The molecule has 0 aliphatic carbocycles. The lowest BCUT2D eigenvalue weighted by Crippen LogP contribution is -2.37. The first kappa shape index (κ1) is 21.8. The number of nitrogens with two attached hydrogens (primary N) is 1. The van der Waals surface area contributed by atoms with E-state index in [0.717, 1.165) is 29.6 Å². The molecule has 0 saturated carbocycles. The molecule has 0 fully saturated rings. The van der Waals surface area contributed by atoms with E-state index >= 15 is 0 Å². The summed E-state index contributed by atoms with van der Waals surface area (Å²) in [4.78, 5) is 4.44. The number of fused-ring (bicyclic) bond motifs is 1. The first-order chi connectivity index (χ1) is 12.3. The van der Waals surface area contributed by atoms with Gasteiger partial charge in [0.15, 0.2) is 15.8 Å². The number of nitrogens with one attached hydrogen (secondary N) is 1. The van der Waals surface area contributed by atoms with Crippen molar-refractivity contribution in [2.24, 2.45) is 10.7 Å². The fourth-order valence-electron chi connectivity index (χ4n) is 2.84. The number of sulfone groups is 1. The van der Waals surface area contributed by atoms with Crippen LogP contribution in [0.4, 0.5) is 0 Å². The van der Waals surface area contributed by atoms with Gasteiger partial charge in [-0.1, -0.05) is 35.9 Å². The van der Waals surface area contributed by atoms with Crippen LogP contribution < -0.4 is 15.8 Å². The highest BCUT2D eigenvalue weighted by Gasteiger charge is 2.21. The first-order valence-corrected chi connectivity index (χ1v) is 10.4. The Hall–Kier alpha value is -1.52. The fraction of sp³-hybridized carbons (Fsp3) is 0.278. The van der Waals surface area contributed by atoms with Crippen molar-refractivity contribution in [3.63, 3.8) is 0 Å². The molecule has 9 heteroatoms. The van der Waals surface area contributed by atoms with Gasteiger partial charge >= 0.3 is 0 Å². The Kier molecular flexibility index (Phi) is 7.35. The Morgan fingerprint density at radius 1 is 1.33 bits per heavy atom. The summed E-state index contributed by atoms with van der Waals surface area (Å²) < 4.78 is 28.8. The topological polar surface area (TPSA) is 93.8 Å². The number of hydrogen-bond acceptors (Lipinski definition) is 4. The lowest BCUT2D eigenvalue weighted by molar-refractivity contribution is 0.262. The van der Waals surface area contributed by atoms with Crippen molar-refractivity contribution in [1.29, 1.82) is 0 Å². The quantitative estimate of drug-likeness (QED) is 0.366. The zero-order chi connectivity index (χ0) is 18.7. The van der Waals surface area contributed by atoms with E-state index in [4.69, 9.17) is 22.1 Å². The molecule has 3 N–H and O–H groups in total. The zero-order valence-electron chi connectivity index (χ0n) is 14.7. The SMILES string of the molecule is CS(=O)(=O)c1ccc(CN=C(N)NC2CCOc3ccccc32)cc1Cl.I. The van der Waals surface area contributed by atoms with E-state index in [1.165, 1.54) is 6.07 Å². The summed E-state index contributed by atoms with van der Waals surface area (Å²) in [5.41, 5.74) is 7.85. The van der Waals surface area contributed by atoms with Crippen molar-refractivity contribution in [3.8, 4) is 5.75 Å².